The molecule has 0 spiro atoms. The number of oxime groups is 1. The van der Waals surface area contributed by atoms with E-state index in [2.05, 4.69) is 23.0 Å². The Labute approximate surface area is 213 Å². The third kappa shape index (κ3) is 13.4. The van der Waals surface area contributed by atoms with Crippen LogP contribution in [0.2, 0.25) is 0 Å². The fourth-order valence-electron chi connectivity index (χ4n) is 2.51. The number of carbonyl (C=O) groups is 1. The van der Waals surface area contributed by atoms with Crippen LogP contribution in [0.15, 0.2) is 41.6 Å². The van der Waals surface area contributed by atoms with E-state index in [-0.39, 0.29) is 38.8 Å². The second kappa shape index (κ2) is 21.1. The molecule has 1 radical (unpaired) electrons. The average Bonchev–Trinajstić information content (AvgIpc) is 2.81. The molecule has 0 aliphatic rings. The number of rotatable bonds is 6. The molecule has 0 heterocycles. The largest absolute Gasteiger partial charge is 0.490 e. The SMILES string of the molecule is CC.CC.Cc1ccc(OC(C)C)c(C#N)c1.[CH2-]c1cccc(/C(N)=N/OC=O)c1CC.[Re]. The maximum Gasteiger partial charge on any atom is 0.323 e. The zero-order valence-electron chi connectivity index (χ0n) is 21.1. The van der Waals surface area contributed by atoms with Gasteiger partial charge in [-0.15, -0.1) is 11.6 Å². The monoisotopic (exact) mass is 627 g/mol. The van der Waals surface area contributed by atoms with E-state index >= 15 is 0 Å². The molecule has 0 unspecified atom stereocenters. The predicted molar refractivity (Wildman–Crippen MR) is 133 cm³/mol. The molecule has 2 aromatic rings. The van der Waals surface area contributed by atoms with Crippen molar-refractivity contribution < 1.29 is 34.8 Å². The summed E-state index contributed by atoms with van der Waals surface area (Å²) in [5, 5.41) is 12.3. The average molecular weight is 627 g/mol. The summed E-state index contributed by atoms with van der Waals surface area (Å²) in [7, 11) is 0. The van der Waals surface area contributed by atoms with Gasteiger partial charge in [-0.3, -0.25) is 4.79 Å². The number of aryl methyl sites for hydroxylation is 1. The number of carbonyl (C=O) groups excluding carboxylic acids is 1. The van der Waals surface area contributed by atoms with Crippen molar-refractivity contribution >= 4 is 12.3 Å². The van der Waals surface area contributed by atoms with Gasteiger partial charge in [-0.25, -0.2) is 0 Å². The molecule has 0 amide bonds. The summed E-state index contributed by atoms with van der Waals surface area (Å²) >= 11 is 0. The molecule has 2 rings (SSSR count). The van der Waals surface area contributed by atoms with E-state index in [1.807, 2.05) is 91.8 Å². The Morgan fingerprint density at radius 1 is 1.21 bits per heavy atom. The van der Waals surface area contributed by atoms with E-state index in [4.69, 9.17) is 15.7 Å². The molecule has 2 N–H and O–H groups in total. The van der Waals surface area contributed by atoms with Crippen LogP contribution >= 0.6 is 0 Å². The molecular weight excluding hydrogens is 589 g/mol. The van der Waals surface area contributed by atoms with Crippen molar-refractivity contribution in [3.63, 3.8) is 0 Å². The van der Waals surface area contributed by atoms with Gasteiger partial charge >= 0.3 is 6.47 Å². The van der Waals surface area contributed by atoms with Crippen LogP contribution in [0, 0.1) is 25.2 Å². The van der Waals surface area contributed by atoms with Crippen molar-refractivity contribution in [2.24, 2.45) is 10.9 Å². The van der Waals surface area contributed by atoms with Gasteiger partial charge in [0.1, 0.15) is 11.8 Å². The topological polar surface area (TPSA) is 97.7 Å². The minimum Gasteiger partial charge on any atom is -0.490 e. The Morgan fingerprint density at radius 3 is 2.30 bits per heavy atom. The summed E-state index contributed by atoms with van der Waals surface area (Å²) in [4.78, 5) is 14.2. The molecule has 7 heteroatoms. The second-order valence-electron chi connectivity index (χ2n) is 6.25. The predicted octanol–water partition coefficient (Wildman–Crippen LogP) is 5.93. The summed E-state index contributed by atoms with van der Waals surface area (Å²) in [6.07, 6.45) is 0.904. The number of ether oxygens (including phenoxy) is 1. The number of nitriles is 1. The van der Waals surface area contributed by atoms with Crippen molar-refractivity contribution in [2.75, 3.05) is 0 Å². The molecule has 0 bridgehead atoms. The number of hydrogen-bond acceptors (Lipinski definition) is 5. The molecule has 0 saturated heterocycles. The molecule has 0 fully saturated rings. The number of hydrogen-bond donors (Lipinski definition) is 1. The molecule has 0 saturated carbocycles. The normalized spacial score (nSPS) is 9.27. The Kier molecular flexibility index (Phi) is 22.2. The smallest absolute Gasteiger partial charge is 0.323 e. The molecule has 33 heavy (non-hydrogen) atoms. The van der Waals surface area contributed by atoms with E-state index in [0.717, 1.165) is 28.7 Å². The molecule has 183 valence electrons. The fourth-order valence-corrected chi connectivity index (χ4v) is 2.51. The zero-order valence-corrected chi connectivity index (χ0v) is 23.8. The zero-order chi connectivity index (χ0) is 25.1. The minimum atomic E-state index is 0. The Hall–Kier alpha value is -2.80. The van der Waals surface area contributed by atoms with Crippen molar-refractivity contribution in [3.8, 4) is 11.8 Å². The molecular formula is C26H38N3O3Re-. The van der Waals surface area contributed by atoms with Crippen LogP contribution in [-0.4, -0.2) is 18.4 Å². The quantitative estimate of drug-likeness (QED) is 0.107. The Bertz CT molecular complexity index is 876. The Balaban J connectivity index is -0.000000464. The van der Waals surface area contributed by atoms with E-state index in [0.29, 0.717) is 11.3 Å². The van der Waals surface area contributed by atoms with Gasteiger partial charge < -0.3 is 15.3 Å². The van der Waals surface area contributed by atoms with E-state index in [1.54, 1.807) is 0 Å². The first kappa shape index (κ1) is 34.8. The van der Waals surface area contributed by atoms with E-state index in [9.17, 15) is 4.79 Å². The standard InChI is InChI=1S/C11H13N2O2.C11H13NO.2C2H6.Re/c1-3-9-8(2)5-4-6-10(9)11(12)13-15-7-14;1-8(2)13-11-5-4-9(3)6-10(11)7-12;2*1-2;/h4-7H,2-3H2,1H3,(H2,12,13);4-6,8H,1-3H3;2*1-2H3;/q-1;;;;. The third-order valence-electron chi connectivity index (χ3n) is 3.71. The van der Waals surface area contributed by atoms with Crippen molar-refractivity contribution in [2.45, 2.75) is 67.9 Å². The first-order valence-corrected chi connectivity index (χ1v) is 10.9. The summed E-state index contributed by atoms with van der Waals surface area (Å²) in [5.74, 6) is 0.854. The molecule has 0 aliphatic carbocycles. The molecule has 0 aromatic heterocycles. The van der Waals surface area contributed by atoms with Gasteiger partial charge in [0.15, 0.2) is 5.84 Å². The second-order valence-corrected chi connectivity index (χ2v) is 6.25. The number of benzene rings is 2. The van der Waals surface area contributed by atoms with Crippen LogP contribution in [0.4, 0.5) is 0 Å². The molecule has 0 atom stereocenters. The van der Waals surface area contributed by atoms with Crippen molar-refractivity contribution in [1.82, 2.24) is 0 Å². The van der Waals surface area contributed by atoms with Crippen LogP contribution in [0.1, 0.15) is 76.3 Å². The van der Waals surface area contributed by atoms with Gasteiger partial charge in [-0.1, -0.05) is 58.3 Å². The number of amidine groups is 1. The van der Waals surface area contributed by atoms with E-state index < -0.39 is 0 Å². The van der Waals surface area contributed by atoms with Gasteiger partial charge in [-0.2, -0.15) is 23.8 Å². The van der Waals surface area contributed by atoms with Crippen LogP contribution in [0.3, 0.4) is 0 Å². The number of nitrogens with two attached hydrogens (primary N) is 1. The van der Waals surface area contributed by atoms with Crippen LogP contribution in [0.25, 0.3) is 0 Å². The van der Waals surface area contributed by atoms with Gasteiger partial charge in [0.25, 0.3) is 0 Å². The van der Waals surface area contributed by atoms with Crippen molar-refractivity contribution in [3.05, 3.63) is 71.1 Å². The number of nitrogens with zero attached hydrogens (tertiary/aromatic N) is 2. The van der Waals surface area contributed by atoms with Crippen LogP contribution < -0.4 is 10.5 Å². The first-order chi connectivity index (χ1) is 15.3. The first-order valence-electron chi connectivity index (χ1n) is 10.9. The van der Waals surface area contributed by atoms with Crippen molar-refractivity contribution in [1.29, 1.82) is 5.26 Å². The fraction of sp³-hybridized carbons (Fsp3) is 0.385. The summed E-state index contributed by atoms with van der Waals surface area (Å²) in [5.41, 5.74) is 10.0. The summed E-state index contributed by atoms with van der Waals surface area (Å²) in [6.45, 7) is 20.0. The molecule has 2 aromatic carbocycles. The maximum atomic E-state index is 9.96. The van der Waals surface area contributed by atoms with Gasteiger partial charge in [0.05, 0.1) is 11.7 Å². The van der Waals surface area contributed by atoms with Crippen LogP contribution in [0.5, 0.6) is 5.75 Å². The minimum absolute atomic E-state index is 0. The van der Waals surface area contributed by atoms with Crippen LogP contribution in [-0.2, 0) is 36.5 Å². The summed E-state index contributed by atoms with van der Waals surface area (Å²) < 4.78 is 5.47. The molecule has 0 aliphatic heterocycles. The third-order valence-corrected chi connectivity index (χ3v) is 3.71. The summed E-state index contributed by atoms with van der Waals surface area (Å²) in [6, 6.07) is 13.3. The maximum absolute atomic E-state index is 9.96. The van der Waals surface area contributed by atoms with E-state index in [1.165, 1.54) is 0 Å². The van der Waals surface area contributed by atoms with Gasteiger partial charge in [0.2, 0.25) is 0 Å². The van der Waals surface area contributed by atoms with Gasteiger partial charge in [0, 0.05) is 20.4 Å². The van der Waals surface area contributed by atoms with Gasteiger partial charge in [-0.05, 0) is 44.0 Å². The Morgan fingerprint density at radius 2 is 1.82 bits per heavy atom. The molecule has 6 nitrogen and oxygen atoms in total.